The number of imide groups is 1. The van der Waals surface area contributed by atoms with E-state index in [-0.39, 0.29) is 11.8 Å². The van der Waals surface area contributed by atoms with Crippen LogP contribution < -0.4 is 15.5 Å². The van der Waals surface area contributed by atoms with Crippen LogP contribution >= 0.6 is 0 Å². The molecule has 162 valence electrons. The Balaban J connectivity index is 1.40. The van der Waals surface area contributed by atoms with E-state index in [1.165, 1.54) is 19.3 Å². The second kappa shape index (κ2) is 8.66. The van der Waals surface area contributed by atoms with Crippen LogP contribution in [-0.2, 0) is 9.59 Å². The van der Waals surface area contributed by atoms with Gasteiger partial charge in [0.1, 0.15) is 11.6 Å². The minimum Gasteiger partial charge on any atom is -0.372 e. The number of benzene rings is 1. The SMILES string of the molecule is C[C@@H](C(=O)Nc1ccc(N2CCCCC2)cc1)N1C(=O)NC2(CCCCCC2)C1=O. The lowest BCUT2D eigenvalue weighted by atomic mass is 9.90. The zero-order chi connectivity index (χ0) is 21.1. The molecule has 2 saturated heterocycles. The fourth-order valence-electron chi connectivity index (χ4n) is 4.94. The van der Waals surface area contributed by atoms with E-state index < -0.39 is 17.6 Å². The van der Waals surface area contributed by atoms with Crippen LogP contribution in [-0.4, -0.2) is 47.4 Å². The molecule has 1 spiro atoms. The van der Waals surface area contributed by atoms with Crippen molar-refractivity contribution in [2.75, 3.05) is 23.3 Å². The van der Waals surface area contributed by atoms with Crippen LogP contribution in [0.25, 0.3) is 0 Å². The number of hydrogen-bond acceptors (Lipinski definition) is 4. The lowest BCUT2D eigenvalue weighted by Gasteiger charge is -2.29. The third kappa shape index (κ3) is 4.02. The van der Waals surface area contributed by atoms with Gasteiger partial charge in [-0.15, -0.1) is 0 Å². The first-order valence-corrected chi connectivity index (χ1v) is 11.3. The second-order valence-electron chi connectivity index (χ2n) is 8.86. The number of hydrogen-bond donors (Lipinski definition) is 2. The third-order valence-electron chi connectivity index (χ3n) is 6.77. The van der Waals surface area contributed by atoms with Crippen molar-refractivity contribution >= 4 is 29.2 Å². The first kappa shape index (κ1) is 20.7. The highest BCUT2D eigenvalue weighted by Gasteiger charge is 2.53. The molecule has 0 bridgehead atoms. The molecule has 1 aromatic rings. The van der Waals surface area contributed by atoms with Crippen LogP contribution in [0.1, 0.15) is 64.7 Å². The Kier molecular flexibility index (Phi) is 5.97. The van der Waals surface area contributed by atoms with E-state index >= 15 is 0 Å². The number of carbonyl (C=O) groups excluding carboxylic acids is 3. The second-order valence-corrected chi connectivity index (χ2v) is 8.86. The van der Waals surface area contributed by atoms with E-state index in [9.17, 15) is 14.4 Å². The molecule has 4 rings (SSSR count). The first-order chi connectivity index (χ1) is 14.5. The summed E-state index contributed by atoms with van der Waals surface area (Å²) in [5, 5.41) is 5.77. The maximum absolute atomic E-state index is 13.1. The van der Waals surface area contributed by atoms with Crippen molar-refractivity contribution in [2.45, 2.75) is 76.3 Å². The van der Waals surface area contributed by atoms with Gasteiger partial charge in [0.15, 0.2) is 0 Å². The summed E-state index contributed by atoms with van der Waals surface area (Å²) in [4.78, 5) is 42.0. The molecule has 1 atom stereocenters. The summed E-state index contributed by atoms with van der Waals surface area (Å²) in [6.45, 7) is 3.75. The van der Waals surface area contributed by atoms with Gasteiger partial charge in [-0.25, -0.2) is 9.69 Å². The van der Waals surface area contributed by atoms with Crippen LogP contribution in [0, 0.1) is 0 Å². The van der Waals surface area contributed by atoms with Gasteiger partial charge >= 0.3 is 6.03 Å². The van der Waals surface area contributed by atoms with E-state index in [0.717, 1.165) is 49.4 Å². The molecule has 4 amide bonds. The van der Waals surface area contributed by atoms with E-state index in [1.807, 2.05) is 24.3 Å². The Morgan fingerprint density at radius 2 is 1.57 bits per heavy atom. The van der Waals surface area contributed by atoms with Gasteiger partial charge in [0.05, 0.1) is 0 Å². The average Bonchev–Trinajstić information content (AvgIpc) is 2.90. The number of rotatable bonds is 4. The lowest BCUT2D eigenvalue weighted by Crippen LogP contribution is -2.49. The molecule has 2 N–H and O–H groups in total. The molecule has 1 saturated carbocycles. The monoisotopic (exact) mass is 412 g/mol. The minimum atomic E-state index is -0.859. The summed E-state index contributed by atoms with van der Waals surface area (Å²) in [6, 6.07) is 6.48. The maximum Gasteiger partial charge on any atom is 0.325 e. The number of carbonyl (C=O) groups is 3. The van der Waals surface area contributed by atoms with E-state index in [4.69, 9.17) is 0 Å². The molecule has 0 unspecified atom stereocenters. The fraction of sp³-hybridized carbons (Fsp3) is 0.609. The van der Waals surface area contributed by atoms with Crippen LogP contribution in [0.5, 0.6) is 0 Å². The molecule has 3 fully saturated rings. The van der Waals surface area contributed by atoms with Gasteiger partial charge in [-0.1, -0.05) is 25.7 Å². The van der Waals surface area contributed by atoms with Crippen molar-refractivity contribution in [3.63, 3.8) is 0 Å². The fourth-order valence-corrected chi connectivity index (χ4v) is 4.94. The van der Waals surface area contributed by atoms with Gasteiger partial charge in [0, 0.05) is 24.5 Å². The summed E-state index contributed by atoms with van der Waals surface area (Å²) >= 11 is 0. The Morgan fingerprint density at radius 1 is 0.967 bits per heavy atom. The van der Waals surface area contributed by atoms with Gasteiger partial charge in [0.2, 0.25) is 5.91 Å². The van der Waals surface area contributed by atoms with Crippen molar-refractivity contribution < 1.29 is 14.4 Å². The number of amides is 4. The summed E-state index contributed by atoms with van der Waals surface area (Å²) in [5.74, 6) is -0.604. The highest BCUT2D eigenvalue weighted by Crippen LogP contribution is 2.33. The molecular weight excluding hydrogens is 380 g/mol. The topological polar surface area (TPSA) is 81.8 Å². The number of piperidine rings is 1. The average molecular weight is 413 g/mol. The van der Waals surface area contributed by atoms with E-state index in [1.54, 1.807) is 6.92 Å². The number of anilines is 2. The molecule has 7 nitrogen and oxygen atoms in total. The van der Waals surface area contributed by atoms with Crippen LogP contribution in [0.2, 0.25) is 0 Å². The smallest absolute Gasteiger partial charge is 0.325 e. The predicted molar refractivity (Wildman–Crippen MR) is 116 cm³/mol. The largest absolute Gasteiger partial charge is 0.372 e. The number of nitrogens with zero attached hydrogens (tertiary/aromatic N) is 2. The van der Waals surface area contributed by atoms with Crippen molar-refractivity contribution in [1.82, 2.24) is 10.2 Å². The summed E-state index contributed by atoms with van der Waals surface area (Å²) in [6.07, 6.45) is 9.01. The van der Waals surface area contributed by atoms with Gasteiger partial charge in [0.25, 0.3) is 5.91 Å². The molecule has 0 aromatic heterocycles. The van der Waals surface area contributed by atoms with Crippen LogP contribution in [0.3, 0.4) is 0 Å². The minimum absolute atomic E-state index is 0.252. The lowest BCUT2D eigenvalue weighted by molar-refractivity contribution is -0.136. The van der Waals surface area contributed by atoms with Crippen molar-refractivity contribution in [3.8, 4) is 0 Å². The molecule has 2 aliphatic heterocycles. The van der Waals surface area contributed by atoms with Crippen LogP contribution in [0.15, 0.2) is 24.3 Å². The van der Waals surface area contributed by atoms with Crippen molar-refractivity contribution in [3.05, 3.63) is 24.3 Å². The predicted octanol–water partition coefficient (Wildman–Crippen LogP) is 3.65. The zero-order valence-corrected chi connectivity index (χ0v) is 17.8. The van der Waals surface area contributed by atoms with Gasteiger partial charge in [-0.05, 0) is 63.3 Å². The Labute approximate surface area is 178 Å². The summed E-state index contributed by atoms with van der Waals surface area (Å²) < 4.78 is 0. The molecule has 0 radical (unpaired) electrons. The van der Waals surface area contributed by atoms with E-state index in [0.29, 0.717) is 18.5 Å². The summed E-state index contributed by atoms with van der Waals surface area (Å²) in [5.41, 5.74) is 1.01. The standard InChI is InChI=1S/C23H32N4O3/c1-17(27-21(29)23(25-22(27)30)13-5-2-3-6-14-23)20(28)24-18-9-11-19(12-10-18)26-15-7-4-8-16-26/h9-12,17H,2-8,13-16H2,1H3,(H,24,28)(H,25,30)/t17-/m0/s1. The first-order valence-electron chi connectivity index (χ1n) is 11.3. The quantitative estimate of drug-likeness (QED) is 0.740. The summed E-state index contributed by atoms with van der Waals surface area (Å²) in [7, 11) is 0. The Bertz CT molecular complexity index is 793. The van der Waals surface area contributed by atoms with Gasteiger partial charge in [-0.3, -0.25) is 9.59 Å². The number of nitrogens with one attached hydrogen (secondary N) is 2. The Morgan fingerprint density at radius 3 is 2.20 bits per heavy atom. The molecule has 3 aliphatic rings. The molecule has 2 heterocycles. The molecular formula is C23H32N4O3. The highest BCUT2D eigenvalue weighted by atomic mass is 16.2. The van der Waals surface area contributed by atoms with E-state index in [2.05, 4.69) is 15.5 Å². The van der Waals surface area contributed by atoms with Crippen LogP contribution in [0.4, 0.5) is 16.2 Å². The third-order valence-corrected chi connectivity index (χ3v) is 6.77. The molecule has 1 aromatic carbocycles. The maximum atomic E-state index is 13.1. The van der Waals surface area contributed by atoms with Gasteiger partial charge in [-0.2, -0.15) is 0 Å². The van der Waals surface area contributed by atoms with Crippen molar-refractivity contribution in [1.29, 1.82) is 0 Å². The van der Waals surface area contributed by atoms with Gasteiger partial charge < -0.3 is 15.5 Å². The highest BCUT2D eigenvalue weighted by molar-refractivity contribution is 6.11. The zero-order valence-electron chi connectivity index (χ0n) is 17.8. The molecule has 1 aliphatic carbocycles. The normalized spacial score (nSPS) is 22.6. The molecule has 7 heteroatoms. The molecule has 30 heavy (non-hydrogen) atoms. The van der Waals surface area contributed by atoms with Crippen molar-refractivity contribution in [2.24, 2.45) is 0 Å². The Hall–Kier alpha value is -2.57. The number of urea groups is 1.